The summed E-state index contributed by atoms with van der Waals surface area (Å²) in [4.78, 5) is 38.8. The first-order valence-electron chi connectivity index (χ1n) is 10.1. The van der Waals surface area contributed by atoms with Gasteiger partial charge in [0, 0.05) is 29.8 Å². The molecule has 0 radical (unpaired) electrons. The van der Waals surface area contributed by atoms with Crippen molar-refractivity contribution in [2.24, 2.45) is 0 Å². The minimum atomic E-state index is -0.645. The molecule has 152 valence electrons. The van der Waals surface area contributed by atoms with Gasteiger partial charge in [0.05, 0.1) is 23.9 Å². The van der Waals surface area contributed by atoms with Crippen LogP contribution < -0.4 is 0 Å². The Morgan fingerprint density at radius 1 is 0.933 bits per heavy atom. The lowest BCUT2D eigenvalue weighted by Gasteiger charge is -2.19. The number of hydrogen-bond donors (Lipinski definition) is 0. The Morgan fingerprint density at radius 3 is 2.27 bits per heavy atom. The van der Waals surface area contributed by atoms with E-state index in [0.717, 1.165) is 18.4 Å². The number of aromatic nitrogens is 1. The topological polar surface area (TPSA) is 65.4 Å². The molecule has 0 amide bonds. The largest absolute Gasteiger partial charge is 0.465 e. The van der Waals surface area contributed by atoms with Crippen molar-refractivity contribution in [2.45, 2.75) is 32.7 Å². The van der Waals surface area contributed by atoms with Gasteiger partial charge >= 0.3 is 5.97 Å². The van der Waals surface area contributed by atoms with Crippen molar-refractivity contribution in [2.75, 3.05) is 7.11 Å². The normalized spacial score (nSPS) is 12.5. The van der Waals surface area contributed by atoms with E-state index in [4.69, 9.17) is 4.74 Å². The lowest BCUT2D eigenvalue weighted by atomic mass is 9.86. The first-order valence-corrected chi connectivity index (χ1v) is 10.1. The van der Waals surface area contributed by atoms with Crippen molar-refractivity contribution < 1.29 is 19.1 Å². The van der Waals surface area contributed by atoms with E-state index in [1.807, 2.05) is 47.0 Å². The second-order valence-corrected chi connectivity index (χ2v) is 7.41. The molecule has 0 saturated heterocycles. The molecule has 0 aliphatic heterocycles. The molecule has 0 unspecified atom stereocenters. The lowest BCUT2D eigenvalue weighted by Crippen LogP contribution is -2.23. The molecule has 5 heteroatoms. The molecule has 5 nitrogen and oxygen atoms in total. The maximum Gasteiger partial charge on any atom is 0.340 e. The molecule has 0 bridgehead atoms. The van der Waals surface area contributed by atoms with Crippen molar-refractivity contribution >= 4 is 17.5 Å². The third-order valence-corrected chi connectivity index (χ3v) is 5.57. The summed E-state index contributed by atoms with van der Waals surface area (Å²) in [5, 5.41) is 0. The Kier molecular flexibility index (Phi) is 5.36. The van der Waals surface area contributed by atoms with Crippen molar-refractivity contribution in [3.05, 3.63) is 82.5 Å². The predicted molar refractivity (Wildman–Crippen MR) is 114 cm³/mol. The van der Waals surface area contributed by atoms with E-state index >= 15 is 0 Å². The van der Waals surface area contributed by atoms with Crippen molar-refractivity contribution in [3.63, 3.8) is 0 Å². The lowest BCUT2D eigenvalue weighted by molar-refractivity contribution is 0.0596. The summed E-state index contributed by atoms with van der Waals surface area (Å²) >= 11 is 0. The number of carbonyl (C=O) groups excluding carboxylic acids is 3. The van der Waals surface area contributed by atoms with Crippen LogP contribution in [0.15, 0.2) is 54.6 Å². The van der Waals surface area contributed by atoms with Crippen LogP contribution >= 0.6 is 0 Å². The molecule has 1 aliphatic carbocycles. The monoisotopic (exact) mass is 401 g/mol. The zero-order chi connectivity index (χ0) is 21.3. The van der Waals surface area contributed by atoms with E-state index in [-0.39, 0.29) is 11.1 Å². The van der Waals surface area contributed by atoms with Gasteiger partial charge in [-0.3, -0.25) is 9.59 Å². The first kappa shape index (κ1) is 19.8. The van der Waals surface area contributed by atoms with Crippen LogP contribution in [-0.2, 0) is 17.7 Å². The zero-order valence-electron chi connectivity index (χ0n) is 17.1. The fourth-order valence-corrected chi connectivity index (χ4v) is 4.15. The van der Waals surface area contributed by atoms with Gasteiger partial charge in [-0.2, -0.15) is 0 Å². The molecule has 0 fully saturated rings. The second-order valence-electron chi connectivity index (χ2n) is 7.41. The van der Waals surface area contributed by atoms with Gasteiger partial charge in [-0.05, 0) is 12.0 Å². The molecular weight excluding hydrogens is 378 g/mol. The van der Waals surface area contributed by atoms with E-state index in [1.165, 1.54) is 7.11 Å². The van der Waals surface area contributed by atoms with Gasteiger partial charge in [-0.1, -0.05) is 67.9 Å². The number of ether oxygens (including phenoxy) is 1. The average Bonchev–Trinajstić information content (AvgIpc) is 3.10. The smallest absolute Gasteiger partial charge is 0.340 e. The van der Waals surface area contributed by atoms with Crippen LogP contribution in [0.5, 0.6) is 0 Å². The summed E-state index contributed by atoms with van der Waals surface area (Å²) in [6, 6.07) is 16.9. The van der Waals surface area contributed by atoms with Crippen LogP contribution in [0, 0.1) is 0 Å². The van der Waals surface area contributed by atoms with Crippen LogP contribution in [0.3, 0.4) is 0 Å². The van der Waals surface area contributed by atoms with Gasteiger partial charge in [-0.25, -0.2) is 4.79 Å². The third kappa shape index (κ3) is 3.16. The highest BCUT2D eigenvalue weighted by atomic mass is 16.5. The summed E-state index contributed by atoms with van der Waals surface area (Å²) in [5.41, 5.74) is 3.83. The number of Topliss-reactive ketones (excluding diaryl/α,β-unsaturated/α-hetero) is 2. The molecular formula is C25H23NO4. The minimum absolute atomic E-state index is 0.174. The molecule has 1 aromatic heterocycles. The summed E-state index contributed by atoms with van der Waals surface area (Å²) in [7, 11) is 1.30. The summed E-state index contributed by atoms with van der Waals surface area (Å²) < 4.78 is 7.10. The fraction of sp³-hybridized carbons (Fsp3) is 0.240. The van der Waals surface area contributed by atoms with Crippen LogP contribution in [0.1, 0.15) is 62.1 Å². The Labute approximate surface area is 175 Å². The SMILES string of the molecule is CCCCn1c(Cc2ccccc2)c(C(=O)OC)c2c1-c1ccccc1C(=O)C2=O. The third-order valence-electron chi connectivity index (χ3n) is 5.57. The van der Waals surface area contributed by atoms with Crippen molar-refractivity contribution in [1.82, 2.24) is 4.57 Å². The molecule has 1 heterocycles. The molecule has 0 atom stereocenters. The van der Waals surface area contributed by atoms with Gasteiger partial charge in [0.2, 0.25) is 11.6 Å². The van der Waals surface area contributed by atoms with E-state index in [0.29, 0.717) is 35.5 Å². The number of fused-ring (bicyclic) bond motifs is 3. The highest BCUT2D eigenvalue weighted by Crippen LogP contribution is 2.40. The minimum Gasteiger partial charge on any atom is -0.465 e. The molecule has 4 rings (SSSR count). The second kappa shape index (κ2) is 8.11. The zero-order valence-corrected chi connectivity index (χ0v) is 17.1. The van der Waals surface area contributed by atoms with Gasteiger partial charge in [-0.15, -0.1) is 0 Å². The number of unbranched alkanes of at least 4 members (excludes halogenated alkanes) is 1. The first-order chi connectivity index (χ1) is 14.6. The van der Waals surface area contributed by atoms with Crippen molar-refractivity contribution in [3.8, 4) is 11.3 Å². The Balaban J connectivity index is 2.05. The molecule has 0 N–H and O–H groups in total. The fourth-order valence-electron chi connectivity index (χ4n) is 4.15. The van der Waals surface area contributed by atoms with Gasteiger partial charge < -0.3 is 9.30 Å². The average molecular weight is 401 g/mol. The van der Waals surface area contributed by atoms with Crippen LogP contribution in [0.4, 0.5) is 0 Å². The van der Waals surface area contributed by atoms with E-state index < -0.39 is 17.5 Å². The maximum absolute atomic E-state index is 13.1. The van der Waals surface area contributed by atoms with E-state index in [1.54, 1.807) is 12.1 Å². The van der Waals surface area contributed by atoms with E-state index in [9.17, 15) is 14.4 Å². The summed E-state index contributed by atoms with van der Waals surface area (Å²) in [5.74, 6) is -1.82. The molecule has 0 spiro atoms. The standard InChI is InChI=1S/C25H23NO4/c1-3-4-14-26-19(15-16-10-6-5-7-11-16)20(25(29)30-2)21-22(26)17-12-8-9-13-18(17)23(27)24(21)28/h5-13H,3-4,14-15H2,1-2H3. The number of benzene rings is 2. The van der Waals surface area contributed by atoms with Crippen molar-refractivity contribution in [1.29, 1.82) is 0 Å². The molecule has 2 aromatic carbocycles. The Bertz CT molecular complexity index is 1140. The number of ketones is 2. The van der Waals surface area contributed by atoms with Gasteiger partial charge in [0.1, 0.15) is 0 Å². The number of hydrogen-bond acceptors (Lipinski definition) is 4. The predicted octanol–water partition coefficient (Wildman–Crippen LogP) is 4.71. The van der Waals surface area contributed by atoms with E-state index in [2.05, 4.69) is 6.92 Å². The highest BCUT2D eigenvalue weighted by molar-refractivity contribution is 6.53. The van der Waals surface area contributed by atoms with Gasteiger partial charge in [0.15, 0.2) is 0 Å². The summed E-state index contributed by atoms with van der Waals surface area (Å²) in [6.45, 7) is 2.74. The van der Waals surface area contributed by atoms with Crippen LogP contribution in [-0.4, -0.2) is 29.2 Å². The number of methoxy groups -OCH3 is 1. The molecule has 3 aromatic rings. The number of rotatable bonds is 6. The number of nitrogens with zero attached hydrogens (tertiary/aromatic N) is 1. The van der Waals surface area contributed by atoms with Gasteiger partial charge in [0.25, 0.3) is 0 Å². The summed E-state index contributed by atoms with van der Waals surface area (Å²) in [6.07, 6.45) is 2.30. The van der Waals surface area contributed by atoms with Crippen LogP contribution in [0.25, 0.3) is 11.3 Å². The molecule has 0 saturated carbocycles. The number of carbonyl (C=O) groups is 3. The highest BCUT2D eigenvalue weighted by Gasteiger charge is 2.39. The molecule has 30 heavy (non-hydrogen) atoms. The quantitative estimate of drug-likeness (QED) is 0.443. The van der Waals surface area contributed by atoms with Crippen LogP contribution in [0.2, 0.25) is 0 Å². The molecule has 1 aliphatic rings. The maximum atomic E-state index is 13.1. The number of esters is 1. The Hall–Kier alpha value is -3.47. The Morgan fingerprint density at radius 2 is 1.60 bits per heavy atom.